The first-order chi connectivity index (χ1) is 12.2. The van der Waals surface area contributed by atoms with Gasteiger partial charge < -0.3 is 10.2 Å². The van der Waals surface area contributed by atoms with Crippen LogP contribution in [0.15, 0.2) is 30.5 Å². The first-order valence-electron chi connectivity index (χ1n) is 9.20. The largest absolute Gasteiger partial charge is 0.356 e. The van der Waals surface area contributed by atoms with Gasteiger partial charge in [-0.05, 0) is 45.1 Å². The quantitative estimate of drug-likeness (QED) is 0.930. The van der Waals surface area contributed by atoms with E-state index in [1.165, 1.54) is 12.0 Å². The number of rotatable bonds is 4. The molecule has 0 spiro atoms. The van der Waals surface area contributed by atoms with Crippen molar-refractivity contribution in [2.45, 2.75) is 45.1 Å². The number of nitrogens with one attached hydrogen (secondary N) is 1. The van der Waals surface area contributed by atoms with Gasteiger partial charge in [0.15, 0.2) is 5.82 Å². The number of piperidine rings is 1. The number of nitrogens with zero attached hydrogens (tertiary/aromatic N) is 3. The normalized spacial score (nSPS) is 17.4. The molecular weight excluding hydrogens is 312 g/mol. The van der Waals surface area contributed by atoms with Gasteiger partial charge in [-0.2, -0.15) is 0 Å². The molecule has 1 saturated heterocycles. The van der Waals surface area contributed by atoms with Gasteiger partial charge in [0.1, 0.15) is 11.4 Å². The standard InChI is InChI=1S/C20H24N4O/c1-14-6-5-7-15(12-14)18-21-13-17(20(25)22-16-8-9-16)19(23-18)24-10-3-2-4-11-24/h5-7,12-13,16H,2-4,8-11H2,1H3,(H,22,25). The molecule has 0 bridgehead atoms. The number of hydrogen-bond acceptors (Lipinski definition) is 4. The third-order valence-corrected chi connectivity index (χ3v) is 4.86. The molecule has 4 rings (SSSR count). The van der Waals surface area contributed by atoms with E-state index in [0.29, 0.717) is 17.4 Å². The van der Waals surface area contributed by atoms with Crippen molar-refractivity contribution < 1.29 is 4.79 Å². The lowest BCUT2D eigenvalue weighted by atomic mass is 10.1. The number of anilines is 1. The number of hydrogen-bond donors (Lipinski definition) is 1. The Hall–Kier alpha value is -2.43. The van der Waals surface area contributed by atoms with Crippen LogP contribution in [0.4, 0.5) is 5.82 Å². The second-order valence-electron chi connectivity index (χ2n) is 7.10. The smallest absolute Gasteiger partial charge is 0.256 e. The summed E-state index contributed by atoms with van der Waals surface area (Å²) in [7, 11) is 0. The molecule has 25 heavy (non-hydrogen) atoms. The first-order valence-corrected chi connectivity index (χ1v) is 9.20. The van der Waals surface area contributed by atoms with Gasteiger partial charge in [0.25, 0.3) is 5.91 Å². The third-order valence-electron chi connectivity index (χ3n) is 4.86. The van der Waals surface area contributed by atoms with Gasteiger partial charge in [0.05, 0.1) is 0 Å². The maximum atomic E-state index is 12.6. The van der Waals surface area contributed by atoms with E-state index in [4.69, 9.17) is 4.98 Å². The molecule has 5 heteroatoms. The Morgan fingerprint density at radius 3 is 2.72 bits per heavy atom. The number of carbonyl (C=O) groups excluding carboxylic acids is 1. The molecule has 130 valence electrons. The number of amides is 1. The van der Waals surface area contributed by atoms with E-state index in [1.807, 2.05) is 12.1 Å². The minimum Gasteiger partial charge on any atom is -0.356 e. The van der Waals surface area contributed by atoms with Crippen molar-refractivity contribution in [2.75, 3.05) is 18.0 Å². The predicted octanol–water partition coefficient (Wildman–Crippen LogP) is 3.33. The average molecular weight is 336 g/mol. The average Bonchev–Trinajstić information content (AvgIpc) is 3.46. The fourth-order valence-electron chi connectivity index (χ4n) is 3.29. The predicted molar refractivity (Wildman–Crippen MR) is 98.8 cm³/mol. The van der Waals surface area contributed by atoms with Crippen LogP contribution in [0.2, 0.25) is 0 Å². The van der Waals surface area contributed by atoms with E-state index in [9.17, 15) is 4.79 Å². The van der Waals surface area contributed by atoms with Crippen LogP contribution >= 0.6 is 0 Å². The van der Waals surface area contributed by atoms with Crippen molar-refractivity contribution in [2.24, 2.45) is 0 Å². The highest BCUT2D eigenvalue weighted by molar-refractivity contribution is 5.99. The highest BCUT2D eigenvalue weighted by atomic mass is 16.1. The summed E-state index contributed by atoms with van der Waals surface area (Å²) in [6.45, 7) is 3.97. The highest BCUT2D eigenvalue weighted by Crippen LogP contribution is 2.27. The lowest BCUT2D eigenvalue weighted by Crippen LogP contribution is -2.34. The zero-order valence-electron chi connectivity index (χ0n) is 14.7. The van der Waals surface area contributed by atoms with Gasteiger partial charge in [-0.3, -0.25) is 4.79 Å². The molecule has 0 unspecified atom stereocenters. The molecule has 1 N–H and O–H groups in total. The lowest BCUT2D eigenvalue weighted by molar-refractivity contribution is 0.0951. The summed E-state index contributed by atoms with van der Waals surface area (Å²) in [5.41, 5.74) is 2.77. The molecule has 2 heterocycles. The van der Waals surface area contributed by atoms with E-state index in [-0.39, 0.29) is 5.91 Å². The SMILES string of the molecule is Cc1cccc(-c2ncc(C(=O)NC3CC3)c(N3CCCCC3)n2)c1. The third kappa shape index (κ3) is 3.65. The topological polar surface area (TPSA) is 58.1 Å². The summed E-state index contributed by atoms with van der Waals surface area (Å²) in [6, 6.07) is 8.51. The minimum absolute atomic E-state index is 0.0427. The molecule has 1 amide bonds. The van der Waals surface area contributed by atoms with E-state index < -0.39 is 0 Å². The van der Waals surface area contributed by atoms with E-state index >= 15 is 0 Å². The Labute approximate surface area is 148 Å². The molecule has 0 radical (unpaired) electrons. The molecule has 1 aromatic heterocycles. The fraction of sp³-hybridized carbons (Fsp3) is 0.450. The van der Waals surface area contributed by atoms with Crippen LogP contribution in [-0.4, -0.2) is 35.0 Å². The summed E-state index contributed by atoms with van der Waals surface area (Å²) >= 11 is 0. The van der Waals surface area contributed by atoms with Gasteiger partial charge in [-0.15, -0.1) is 0 Å². The van der Waals surface area contributed by atoms with Crippen molar-refractivity contribution in [1.82, 2.24) is 15.3 Å². The molecule has 2 aliphatic rings. The Bertz CT molecular complexity index is 779. The molecule has 2 fully saturated rings. The summed E-state index contributed by atoms with van der Waals surface area (Å²) < 4.78 is 0. The monoisotopic (exact) mass is 336 g/mol. The molecule has 1 aliphatic heterocycles. The summed E-state index contributed by atoms with van der Waals surface area (Å²) in [4.78, 5) is 24.2. The maximum Gasteiger partial charge on any atom is 0.256 e. The van der Waals surface area contributed by atoms with E-state index in [1.54, 1.807) is 6.20 Å². The van der Waals surface area contributed by atoms with E-state index in [2.05, 4.69) is 34.3 Å². The zero-order valence-corrected chi connectivity index (χ0v) is 14.7. The lowest BCUT2D eigenvalue weighted by Gasteiger charge is -2.29. The van der Waals surface area contributed by atoms with Crippen LogP contribution in [0.25, 0.3) is 11.4 Å². The van der Waals surface area contributed by atoms with Crippen LogP contribution in [-0.2, 0) is 0 Å². The van der Waals surface area contributed by atoms with Gasteiger partial charge in [-0.25, -0.2) is 9.97 Å². The van der Waals surface area contributed by atoms with Gasteiger partial charge in [0, 0.05) is 30.9 Å². The number of aromatic nitrogens is 2. The number of benzene rings is 1. The van der Waals surface area contributed by atoms with Crippen molar-refractivity contribution in [1.29, 1.82) is 0 Å². The summed E-state index contributed by atoms with van der Waals surface area (Å²) in [5.74, 6) is 1.43. The van der Waals surface area contributed by atoms with Crippen LogP contribution in [0, 0.1) is 6.92 Å². The molecule has 1 saturated carbocycles. The van der Waals surface area contributed by atoms with Crippen LogP contribution in [0.3, 0.4) is 0 Å². The summed E-state index contributed by atoms with van der Waals surface area (Å²) in [6.07, 6.45) is 7.39. The van der Waals surface area contributed by atoms with Crippen molar-refractivity contribution in [3.63, 3.8) is 0 Å². The second-order valence-corrected chi connectivity index (χ2v) is 7.10. The van der Waals surface area contributed by atoms with Gasteiger partial charge in [0.2, 0.25) is 0 Å². The van der Waals surface area contributed by atoms with Crippen LogP contribution in [0.1, 0.15) is 48.0 Å². The van der Waals surface area contributed by atoms with Gasteiger partial charge in [-0.1, -0.05) is 23.8 Å². The Morgan fingerprint density at radius 1 is 1.20 bits per heavy atom. The number of aryl methyl sites for hydroxylation is 1. The fourth-order valence-corrected chi connectivity index (χ4v) is 3.29. The Balaban J connectivity index is 1.71. The minimum atomic E-state index is -0.0427. The second kappa shape index (κ2) is 6.82. The Morgan fingerprint density at radius 2 is 2.00 bits per heavy atom. The molecular formula is C20H24N4O. The zero-order chi connectivity index (χ0) is 17.2. The van der Waals surface area contributed by atoms with E-state index in [0.717, 1.165) is 50.2 Å². The van der Waals surface area contributed by atoms with Crippen molar-refractivity contribution in [3.8, 4) is 11.4 Å². The molecule has 2 aromatic rings. The van der Waals surface area contributed by atoms with Crippen LogP contribution < -0.4 is 10.2 Å². The molecule has 0 atom stereocenters. The molecule has 5 nitrogen and oxygen atoms in total. The summed E-state index contributed by atoms with van der Waals surface area (Å²) in [5, 5.41) is 3.07. The van der Waals surface area contributed by atoms with Crippen LogP contribution in [0.5, 0.6) is 0 Å². The highest BCUT2D eigenvalue weighted by Gasteiger charge is 2.27. The Kier molecular flexibility index (Phi) is 4.38. The first kappa shape index (κ1) is 16.1. The molecule has 1 aliphatic carbocycles. The molecule has 1 aromatic carbocycles. The van der Waals surface area contributed by atoms with Gasteiger partial charge >= 0.3 is 0 Å². The van der Waals surface area contributed by atoms with Crippen molar-refractivity contribution in [3.05, 3.63) is 41.6 Å². The van der Waals surface area contributed by atoms with Crippen molar-refractivity contribution >= 4 is 11.7 Å². The maximum absolute atomic E-state index is 12.6. The number of carbonyl (C=O) groups is 1.